The molecule has 1 aromatic rings. The number of hydrogen-bond donors (Lipinski definition) is 2. The molecule has 0 saturated heterocycles. The van der Waals surface area contributed by atoms with E-state index in [9.17, 15) is 0 Å². The third-order valence-corrected chi connectivity index (χ3v) is 6.67. The van der Waals surface area contributed by atoms with E-state index in [1.54, 1.807) is 11.8 Å². The molecule has 7 heteroatoms. The van der Waals surface area contributed by atoms with Crippen molar-refractivity contribution in [3.05, 3.63) is 24.3 Å². The molecule has 0 heterocycles. The number of nitrogens with two attached hydrogens (primary N) is 1. The van der Waals surface area contributed by atoms with Crippen LogP contribution in [0.15, 0.2) is 29.3 Å². The molecule has 0 aliphatic rings. The smallest absolute Gasteiger partial charge is 0.199 e. The van der Waals surface area contributed by atoms with E-state index in [1.165, 1.54) is 19.3 Å². The van der Waals surface area contributed by atoms with Crippen molar-refractivity contribution in [3.63, 3.8) is 0 Å². The van der Waals surface area contributed by atoms with Crippen molar-refractivity contribution in [3.8, 4) is 5.75 Å². The zero-order chi connectivity index (χ0) is 21.9. The van der Waals surface area contributed by atoms with Gasteiger partial charge in [0.05, 0.1) is 0 Å². The van der Waals surface area contributed by atoms with E-state index in [1.807, 2.05) is 38.4 Å². The number of hydrogen-bond acceptors (Lipinski definition) is 4. The van der Waals surface area contributed by atoms with Crippen LogP contribution >= 0.6 is 24.0 Å². The lowest BCUT2D eigenvalue weighted by Gasteiger charge is -2.27. The topological polar surface area (TPSA) is 62.9 Å². The van der Waals surface area contributed by atoms with Crippen LogP contribution in [-0.4, -0.2) is 47.7 Å². The fourth-order valence-corrected chi connectivity index (χ4v) is 3.76. The summed E-state index contributed by atoms with van der Waals surface area (Å²) in [4.78, 5) is 6.46. The van der Waals surface area contributed by atoms with Gasteiger partial charge in [0, 0.05) is 17.5 Å². The largest absolute Gasteiger partial charge is 0.492 e. The van der Waals surface area contributed by atoms with E-state index in [0.717, 1.165) is 23.6 Å². The van der Waals surface area contributed by atoms with Crippen LogP contribution in [0.2, 0.25) is 0 Å². The van der Waals surface area contributed by atoms with Crippen molar-refractivity contribution in [2.24, 2.45) is 16.1 Å². The van der Waals surface area contributed by atoms with E-state index >= 15 is 0 Å². The van der Waals surface area contributed by atoms with Crippen molar-refractivity contribution >= 4 is 39.9 Å². The number of thiocarbonyl (C=S) groups is 1. The predicted octanol–water partition coefficient (Wildman–Crippen LogP) is 5.37. The number of aliphatic imine (C=N–C) groups is 1. The molecule has 0 spiro atoms. The summed E-state index contributed by atoms with van der Waals surface area (Å²) in [6, 6.07) is 8.07. The van der Waals surface area contributed by atoms with Crippen LogP contribution in [0, 0.1) is 5.41 Å². The first kappa shape index (κ1) is 25.7. The Labute approximate surface area is 186 Å². The summed E-state index contributed by atoms with van der Waals surface area (Å²) in [6.45, 7) is 9.56. The van der Waals surface area contributed by atoms with Gasteiger partial charge in [0.2, 0.25) is 0 Å². The molecule has 0 saturated carbocycles. The molecule has 3 N–H and O–H groups in total. The van der Waals surface area contributed by atoms with Gasteiger partial charge in [-0.3, -0.25) is 0 Å². The van der Waals surface area contributed by atoms with Crippen molar-refractivity contribution in [1.29, 1.82) is 0 Å². The Hall–Kier alpha value is -1.31. The van der Waals surface area contributed by atoms with E-state index in [2.05, 4.69) is 42.9 Å². The maximum absolute atomic E-state index is 6.10. The van der Waals surface area contributed by atoms with Crippen LogP contribution in [0.5, 0.6) is 5.75 Å². The van der Waals surface area contributed by atoms with Gasteiger partial charge in [-0.15, -0.1) is 0 Å². The average molecular weight is 439 g/mol. The molecule has 29 heavy (non-hydrogen) atoms. The van der Waals surface area contributed by atoms with Crippen molar-refractivity contribution < 1.29 is 4.74 Å². The molecule has 5 nitrogen and oxygen atoms in total. The van der Waals surface area contributed by atoms with E-state index in [-0.39, 0.29) is 5.41 Å². The van der Waals surface area contributed by atoms with Gasteiger partial charge in [0.1, 0.15) is 12.4 Å². The van der Waals surface area contributed by atoms with E-state index < -0.39 is 0 Å². The fraction of sp³-hybridized carbons (Fsp3) is 0.636. The number of rotatable bonds is 11. The first-order valence-corrected chi connectivity index (χ1v) is 11.8. The average Bonchev–Trinajstić information content (AvgIpc) is 2.69. The number of thioether (sulfide) groups is 1. The predicted molar refractivity (Wildman–Crippen MR) is 133 cm³/mol. The highest BCUT2D eigenvalue weighted by Crippen LogP contribution is 2.32. The second-order valence-electron chi connectivity index (χ2n) is 8.08. The summed E-state index contributed by atoms with van der Waals surface area (Å²) < 4.78 is 5.80. The molecule has 0 amide bonds. The third-order valence-electron chi connectivity index (χ3n) is 5.25. The highest BCUT2D eigenvalue weighted by molar-refractivity contribution is 8.13. The molecular formula is C22H38N4OS2. The van der Waals surface area contributed by atoms with Gasteiger partial charge >= 0.3 is 0 Å². The lowest BCUT2D eigenvalue weighted by molar-refractivity contribution is 0.198. The highest BCUT2D eigenvalue weighted by atomic mass is 32.2. The molecule has 0 radical (unpaired) electrons. The maximum atomic E-state index is 6.10. The number of unbranched alkanes of at least 4 members (excludes halogenated alkanes) is 1. The Morgan fingerprint density at radius 3 is 2.52 bits per heavy atom. The SMILES string of the molecule is CCCCC(C)(CC)CS/C(N)=N/C(=S)Nc1ccc(OCC(C)N(C)C)cc1. The normalized spacial score (nSPS) is 15.1. The Bertz CT molecular complexity index is 649. The lowest BCUT2D eigenvalue weighted by Crippen LogP contribution is -2.30. The number of likely N-dealkylation sites (N-methyl/N-ethyl adjacent to an activating group) is 1. The van der Waals surface area contributed by atoms with Gasteiger partial charge < -0.3 is 20.7 Å². The first-order valence-electron chi connectivity index (χ1n) is 10.4. The molecule has 0 aliphatic heterocycles. The van der Waals surface area contributed by atoms with Crippen molar-refractivity contribution in [1.82, 2.24) is 4.90 Å². The third kappa shape index (κ3) is 10.3. The summed E-state index contributed by atoms with van der Waals surface area (Å²) in [5, 5.41) is 4.00. The van der Waals surface area contributed by atoms with Gasteiger partial charge in [0.25, 0.3) is 0 Å². The number of anilines is 1. The van der Waals surface area contributed by atoms with Crippen LogP contribution in [0.4, 0.5) is 5.69 Å². The Morgan fingerprint density at radius 1 is 1.31 bits per heavy atom. The monoisotopic (exact) mass is 438 g/mol. The number of nitrogens with zero attached hydrogens (tertiary/aromatic N) is 2. The number of nitrogens with one attached hydrogen (secondary N) is 1. The van der Waals surface area contributed by atoms with Crippen LogP contribution in [-0.2, 0) is 0 Å². The molecule has 2 unspecified atom stereocenters. The maximum Gasteiger partial charge on any atom is 0.199 e. The van der Waals surface area contributed by atoms with Gasteiger partial charge in [-0.05, 0) is 75.8 Å². The summed E-state index contributed by atoms with van der Waals surface area (Å²) in [6.07, 6.45) is 4.81. The summed E-state index contributed by atoms with van der Waals surface area (Å²) in [7, 11) is 4.08. The van der Waals surface area contributed by atoms with E-state index in [0.29, 0.717) is 22.9 Å². The molecule has 0 fully saturated rings. The first-order chi connectivity index (χ1) is 13.7. The van der Waals surface area contributed by atoms with Crippen LogP contribution in [0.1, 0.15) is 53.4 Å². The molecule has 0 aromatic heterocycles. The minimum Gasteiger partial charge on any atom is -0.492 e. The quantitative estimate of drug-likeness (QED) is 0.275. The second-order valence-corrected chi connectivity index (χ2v) is 9.47. The Balaban J connectivity index is 2.51. The Kier molecular flexibility index (Phi) is 11.6. The Morgan fingerprint density at radius 2 is 1.97 bits per heavy atom. The summed E-state index contributed by atoms with van der Waals surface area (Å²) in [5.41, 5.74) is 7.25. The number of amidine groups is 1. The van der Waals surface area contributed by atoms with Crippen LogP contribution in [0.3, 0.4) is 0 Å². The van der Waals surface area contributed by atoms with Crippen molar-refractivity contribution in [2.75, 3.05) is 31.8 Å². The van der Waals surface area contributed by atoms with Crippen LogP contribution < -0.4 is 15.8 Å². The second kappa shape index (κ2) is 13.1. The molecule has 164 valence electrons. The zero-order valence-electron chi connectivity index (χ0n) is 18.8. The summed E-state index contributed by atoms with van der Waals surface area (Å²) >= 11 is 6.92. The lowest BCUT2D eigenvalue weighted by atomic mass is 9.84. The minimum atomic E-state index is 0.287. The highest BCUT2D eigenvalue weighted by Gasteiger charge is 2.22. The van der Waals surface area contributed by atoms with Crippen molar-refractivity contribution in [2.45, 2.75) is 59.4 Å². The molecule has 2 atom stereocenters. The number of ether oxygens (including phenoxy) is 1. The molecular weight excluding hydrogens is 400 g/mol. The van der Waals surface area contributed by atoms with Gasteiger partial charge in [0.15, 0.2) is 10.3 Å². The summed E-state index contributed by atoms with van der Waals surface area (Å²) in [5.74, 6) is 1.79. The van der Waals surface area contributed by atoms with Gasteiger partial charge in [-0.25, -0.2) is 0 Å². The standard InChI is InChI=1S/C22H38N4OS2/c1-7-9-14-22(4,8-2)16-29-20(23)25-21(28)24-18-10-12-19(13-11-18)27-15-17(3)26(5)6/h10-13,17H,7-9,14-16H2,1-6H3,(H3,23,24,25,28). The zero-order valence-corrected chi connectivity index (χ0v) is 20.5. The minimum absolute atomic E-state index is 0.287. The van der Waals surface area contributed by atoms with E-state index in [4.69, 9.17) is 22.7 Å². The fourth-order valence-electron chi connectivity index (χ4n) is 2.49. The molecule has 1 rings (SSSR count). The molecule has 1 aromatic carbocycles. The molecule has 0 aliphatic carbocycles. The molecule has 0 bridgehead atoms. The van der Waals surface area contributed by atoms with Gasteiger partial charge in [-0.2, -0.15) is 4.99 Å². The van der Waals surface area contributed by atoms with Gasteiger partial charge in [-0.1, -0.05) is 45.4 Å². The van der Waals surface area contributed by atoms with Crippen LogP contribution in [0.25, 0.3) is 0 Å². The number of benzene rings is 1.